The molecule has 113 heavy (non-hydrogen) atoms. The molecule has 0 bridgehead atoms. The molecule has 0 atom stereocenters. The van der Waals surface area contributed by atoms with Crippen LogP contribution in [0.2, 0.25) is 0 Å². The summed E-state index contributed by atoms with van der Waals surface area (Å²) in [5.74, 6) is 0.502. The Morgan fingerprint density at radius 3 is 0.894 bits per heavy atom. The maximum Gasteiger partial charge on any atom is 0.0605 e. The van der Waals surface area contributed by atoms with Crippen molar-refractivity contribution < 1.29 is 0 Å². The van der Waals surface area contributed by atoms with E-state index >= 15 is 0 Å². The molecule has 1 aliphatic rings. The van der Waals surface area contributed by atoms with Crippen molar-refractivity contribution in [2.75, 3.05) is 217 Å². The zero-order valence-electron chi connectivity index (χ0n) is 71.4. The fraction of sp³-hybridized carbons (Fsp3) is 0.267. The molecule has 0 amide bonds. The molecular weight excluding hydrogens is 1380 g/mol. The van der Waals surface area contributed by atoms with E-state index in [-0.39, 0.29) is 11.8 Å². The minimum absolute atomic E-state index is 0.244. The number of hydrogen-bond acceptors (Lipinski definition) is 12. The van der Waals surface area contributed by atoms with Crippen LogP contribution in [0.3, 0.4) is 0 Å². The summed E-state index contributed by atoms with van der Waals surface area (Å²) in [6.07, 6.45) is 5.27. The number of anilines is 11. The first-order chi connectivity index (χ1) is 54.2. The molecule has 0 spiro atoms. The van der Waals surface area contributed by atoms with Gasteiger partial charge in [-0.2, -0.15) is 0 Å². The van der Waals surface area contributed by atoms with Gasteiger partial charge in [0, 0.05) is 217 Å². The molecule has 0 saturated heterocycles. The number of para-hydroxylation sites is 1. The molecule has 0 aromatic heterocycles. The molecule has 590 valence electrons. The predicted octanol–water partition coefficient (Wildman–Crippen LogP) is 20.9. The van der Waals surface area contributed by atoms with Crippen LogP contribution in [-0.2, 0) is 6.42 Å². The second-order valence-electron chi connectivity index (χ2n) is 30.7. The maximum atomic E-state index is 2.37. The van der Waals surface area contributed by atoms with Crippen LogP contribution in [0.5, 0.6) is 0 Å². The minimum atomic E-state index is 0.244. The predicted molar refractivity (Wildman–Crippen MR) is 498 cm³/mol. The number of hydrogen-bond donors (Lipinski definition) is 0. The lowest BCUT2D eigenvalue weighted by atomic mass is 9.84. The third-order valence-corrected chi connectivity index (χ3v) is 20.1. The number of likely N-dealkylation sites (N-methyl/N-ethyl adjacent to an activating group) is 3. The summed E-state index contributed by atoms with van der Waals surface area (Å²) >= 11 is 0. The lowest BCUT2D eigenvalue weighted by Gasteiger charge is -2.35. The van der Waals surface area contributed by atoms with E-state index in [4.69, 9.17) is 0 Å². The maximum absolute atomic E-state index is 2.37. The van der Waals surface area contributed by atoms with E-state index in [2.05, 4.69) is 483 Å². The van der Waals surface area contributed by atoms with Gasteiger partial charge in [-0.25, -0.2) is 0 Å². The number of fused-ring (bicyclic) bond motifs is 1. The van der Waals surface area contributed by atoms with Gasteiger partial charge in [-0.05, 0) is 210 Å². The summed E-state index contributed by atoms with van der Waals surface area (Å²) < 4.78 is 0. The molecule has 0 N–H and O–H groups in total. The standard InChI is InChI=1S/C23H24N2.C23H26N2.C16H20N2.C15H18N2.C12H20N2.C12H18N2/c1-24-15-16-25(2)22-17-20(13-14-21(22)24)23(18-9-5-3-6-10-18)19-11-7-4-8-12-19;1-24(2)21-14-10-19(11-15-21)23(18-8-6-5-7-9-18)20-12-16-22(17-13-20)25(3)4;1-17(2)15-9-5-13(6-10-15)14-7-11-16(12-8-14)18(3)4;1-16(2)13-9-11-15(12-10-13)17(3)14-7-5-4-6-8-14;2*1-13(2)10-9-11-5-7-12(8-6-11)14(3)4/h3-14,17,23H,15-16H2,1-2H3;5-17,23H,1-4H3;5-12H,1-4H3;4-12H,1-3H3;5-8H,9-10H2,1-4H3;5-10H,1-4H3/b;;;;;10-9+. The molecule has 1 heterocycles. The van der Waals surface area contributed by atoms with Crippen molar-refractivity contribution in [3.8, 4) is 11.1 Å². The number of rotatable bonds is 21. The second-order valence-corrected chi connectivity index (χ2v) is 30.7. The van der Waals surface area contributed by atoms with Crippen LogP contribution in [0.4, 0.5) is 62.6 Å². The molecule has 0 saturated carbocycles. The highest BCUT2D eigenvalue weighted by molar-refractivity contribution is 5.75. The number of nitrogens with zero attached hydrogens (tertiary/aromatic N) is 12. The highest BCUT2D eigenvalue weighted by Crippen LogP contribution is 2.40. The van der Waals surface area contributed by atoms with Gasteiger partial charge in [0.15, 0.2) is 0 Å². The van der Waals surface area contributed by atoms with Gasteiger partial charge >= 0.3 is 0 Å². The summed E-state index contributed by atoms with van der Waals surface area (Å²) in [6, 6.07) is 110. The van der Waals surface area contributed by atoms with Gasteiger partial charge in [0.2, 0.25) is 0 Å². The van der Waals surface area contributed by atoms with Gasteiger partial charge in [-0.3, -0.25) is 0 Å². The molecule has 0 fully saturated rings. The lowest BCUT2D eigenvalue weighted by Crippen LogP contribution is -2.36. The molecule has 1 aliphatic heterocycles. The van der Waals surface area contributed by atoms with Crippen LogP contribution in [0.15, 0.2) is 316 Å². The molecule has 0 unspecified atom stereocenters. The Bertz CT molecular complexity index is 4520. The van der Waals surface area contributed by atoms with Gasteiger partial charge in [0.25, 0.3) is 0 Å². The Kier molecular flexibility index (Phi) is 33.5. The Balaban J connectivity index is 0.000000173. The number of benzene rings is 12. The van der Waals surface area contributed by atoms with Gasteiger partial charge in [0.05, 0.1) is 11.4 Å². The molecule has 0 radical (unpaired) electrons. The molecule has 13 rings (SSSR count). The average Bonchev–Trinajstić information content (AvgIpc) is 0.720. The van der Waals surface area contributed by atoms with Gasteiger partial charge < -0.3 is 58.8 Å². The lowest BCUT2D eigenvalue weighted by molar-refractivity contribution is 0.413. The van der Waals surface area contributed by atoms with Crippen molar-refractivity contribution in [2.24, 2.45) is 0 Å². The summed E-state index contributed by atoms with van der Waals surface area (Å²) in [6.45, 7) is 3.25. The van der Waals surface area contributed by atoms with Gasteiger partial charge in [0.1, 0.15) is 0 Å². The SMILES string of the molecule is CN(C)/C=C/c1ccc(N(C)C)cc1.CN(C)CCc1ccc(N(C)C)cc1.CN(C)c1ccc(-c2ccc(N(C)C)cc2)cc1.CN(C)c1ccc(C(c2ccccc2)c2ccc(N(C)C)cc2)cc1.CN(C)c1ccc(N(C)c2ccccc2)cc1.CN1CCN(C)c2cc(C(c3ccccc3)c3ccccc3)ccc21. The molecular formula is C101H126N12. The van der Waals surface area contributed by atoms with E-state index < -0.39 is 0 Å². The zero-order chi connectivity index (χ0) is 81.5. The Morgan fingerprint density at radius 2 is 0.549 bits per heavy atom. The summed E-state index contributed by atoms with van der Waals surface area (Å²) in [7, 11) is 43.5. The molecule has 12 heteroatoms. The first-order valence-corrected chi connectivity index (χ1v) is 39.1. The van der Waals surface area contributed by atoms with Crippen molar-refractivity contribution in [3.05, 3.63) is 360 Å². The molecule has 0 aliphatic carbocycles. The van der Waals surface area contributed by atoms with Crippen molar-refractivity contribution in [3.63, 3.8) is 0 Å². The molecule has 12 aromatic rings. The smallest absolute Gasteiger partial charge is 0.0605 e. The summed E-state index contributed by atoms with van der Waals surface area (Å²) in [5, 5.41) is 0. The van der Waals surface area contributed by atoms with Crippen LogP contribution in [0, 0.1) is 0 Å². The normalized spacial score (nSPS) is 11.2. The first-order valence-electron chi connectivity index (χ1n) is 39.1. The van der Waals surface area contributed by atoms with Crippen LogP contribution in [0.25, 0.3) is 17.2 Å². The Morgan fingerprint density at radius 1 is 0.274 bits per heavy atom. The van der Waals surface area contributed by atoms with Crippen LogP contribution < -0.4 is 49.0 Å². The molecule has 12 nitrogen and oxygen atoms in total. The van der Waals surface area contributed by atoms with Crippen LogP contribution in [0.1, 0.15) is 56.3 Å². The monoisotopic (exact) mass is 1510 g/mol. The van der Waals surface area contributed by atoms with Crippen molar-refractivity contribution in [1.29, 1.82) is 0 Å². The van der Waals surface area contributed by atoms with E-state index in [0.717, 1.165) is 26.1 Å². The Hall–Kier alpha value is -11.9. The summed E-state index contributed by atoms with van der Waals surface area (Å²) in [5.41, 5.74) is 26.7. The Labute approximate surface area is 680 Å². The fourth-order valence-electron chi connectivity index (χ4n) is 13.0. The topological polar surface area (TPSA) is 38.9 Å². The van der Waals surface area contributed by atoms with E-state index in [1.807, 2.05) is 45.4 Å². The third-order valence-electron chi connectivity index (χ3n) is 20.1. The zero-order valence-corrected chi connectivity index (χ0v) is 71.4. The second kappa shape index (κ2) is 43.7. The van der Waals surface area contributed by atoms with Crippen molar-refractivity contribution >= 4 is 68.6 Å². The van der Waals surface area contributed by atoms with Crippen LogP contribution in [-0.4, -0.2) is 177 Å². The highest BCUT2D eigenvalue weighted by atomic mass is 15.2. The quantitative estimate of drug-likeness (QED) is 0.0644. The van der Waals surface area contributed by atoms with E-state index in [1.54, 1.807) is 0 Å². The van der Waals surface area contributed by atoms with Gasteiger partial charge in [-0.1, -0.05) is 188 Å². The van der Waals surface area contributed by atoms with Crippen molar-refractivity contribution in [1.82, 2.24) is 9.80 Å². The fourth-order valence-corrected chi connectivity index (χ4v) is 13.0. The largest absolute Gasteiger partial charge is 0.383 e. The minimum Gasteiger partial charge on any atom is -0.383 e. The van der Waals surface area contributed by atoms with E-state index in [1.165, 1.54) is 118 Å². The molecule has 12 aromatic carbocycles. The third kappa shape index (κ3) is 26.7. The summed E-state index contributed by atoms with van der Waals surface area (Å²) in [4.78, 5) is 25.9. The highest BCUT2D eigenvalue weighted by Gasteiger charge is 2.23. The van der Waals surface area contributed by atoms with Crippen LogP contribution >= 0.6 is 0 Å². The van der Waals surface area contributed by atoms with Gasteiger partial charge in [-0.15, -0.1) is 0 Å². The first kappa shape index (κ1) is 86.7. The van der Waals surface area contributed by atoms with E-state index in [9.17, 15) is 0 Å². The average molecular weight is 1510 g/mol. The van der Waals surface area contributed by atoms with Crippen molar-refractivity contribution in [2.45, 2.75) is 18.3 Å². The van der Waals surface area contributed by atoms with E-state index in [0.29, 0.717) is 0 Å².